The highest BCUT2D eigenvalue weighted by Crippen LogP contribution is 2.16. The first-order chi connectivity index (χ1) is 11.7. The summed E-state index contributed by atoms with van der Waals surface area (Å²) in [5, 5.41) is 3.84. The number of methoxy groups -OCH3 is 1. The summed E-state index contributed by atoms with van der Waals surface area (Å²) in [6, 6.07) is 12.9. The van der Waals surface area contributed by atoms with Crippen molar-refractivity contribution in [1.82, 2.24) is 14.5 Å². The van der Waals surface area contributed by atoms with Gasteiger partial charge in [0.05, 0.1) is 35.8 Å². The van der Waals surface area contributed by atoms with Crippen molar-refractivity contribution in [1.29, 1.82) is 0 Å². The largest absolute Gasteiger partial charge is 0.383 e. The molecule has 0 radical (unpaired) electrons. The Morgan fingerprint density at radius 1 is 1.21 bits per heavy atom. The number of pyridine rings is 1. The Balaban J connectivity index is 2.03. The molecule has 0 aliphatic heterocycles. The minimum absolute atomic E-state index is 0.0753. The molecule has 24 heavy (non-hydrogen) atoms. The van der Waals surface area contributed by atoms with Crippen molar-refractivity contribution in [3.05, 3.63) is 64.7 Å². The third-order valence-electron chi connectivity index (χ3n) is 3.81. The van der Waals surface area contributed by atoms with Gasteiger partial charge in [-0.1, -0.05) is 18.2 Å². The van der Waals surface area contributed by atoms with Crippen LogP contribution in [-0.2, 0) is 11.3 Å². The molecule has 1 atom stereocenters. The van der Waals surface area contributed by atoms with Crippen LogP contribution in [0.2, 0.25) is 0 Å². The van der Waals surface area contributed by atoms with Crippen molar-refractivity contribution < 1.29 is 4.74 Å². The molecule has 0 saturated heterocycles. The van der Waals surface area contributed by atoms with Crippen LogP contribution in [-0.4, -0.2) is 28.3 Å². The Labute approximate surface area is 140 Å². The number of anilines is 1. The van der Waals surface area contributed by atoms with Crippen LogP contribution in [0, 0.1) is 0 Å². The number of rotatable bonds is 6. The molecule has 2 heterocycles. The van der Waals surface area contributed by atoms with Gasteiger partial charge in [0.25, 0.3) is 5.56 Å². The zero-order chi connectivity index (χ0) is 16.9. The van der Waals surface area contributed by atoms with E-state index in [1.54, 1.807) is 23.9 Å². The second-order valence-electron chi connectivity index (χ2n) is 5.61. The molecule has 1 unspecified atom stereocenters. The molecular formula is C18H20N4O2. The number of ether oxygens (including phenoxy) is 1. The summed E-state index contributed by atoms with van der Waals surface area (Å²) in [7, 11) is 1.62. The molecule has 2 aromatic heterocycles. The second kappa shape index (κ2) is 7.23. The van der Waals surface area contributed by atoms with Gasteiger partial charge < -0.3 is 10.1 Å². The van der Waals surface area contributed by atoms with Crippen molar-refractivity contribution in [2.45, 2.75) is 19.5 Å². The van der Waals surface area contributed by atoms with E-state index in [4.69, 9.17) is 4.74 Å². The van der Waals surface area contributed by atoms with E-state index in [1.165, 1.54) is 0 Å². The lowest BCUT2D eigenvalue weighted by Gasteiger charge is -2.19. The average molecular weight is 324 g/mol. The number of hydrogen-bond donors (Lipinski definition) is 1. The van der Waals surface area contributed by atoms with Crippen molar-refractivity contribution in [3.63, 3.8) is 0 Å². The first kappa shape index (κ1) is 16.1. The summed E-state index contributed by atoms with van der Waals surface area (Å²) >= 11 is 0. The molecule has 6 nitrogen and oxygen atoms in total. The maximum absolute atomic E-state index is 12.9. The van der Waals surface area contributed by atoms with Crippen molar-refractivity contribution in [3.8, 4) is 0 Å². The fourth-order valence-electron chi connectivity index (χ4n) is 2.67. The Bertz CT molecular complexity index is 877. The first-order valence-corrected chi connectivity index (χ1v) is 7.84. The molecular weight excluding hydrogens is 304 g/mol. The van der Waals surface area contributed by atoms with Crippen LogP contribution in [0.4, 0.5) is 5.95 Å². The van der Waals surface area contributed by atoms with Crippen LogP contribution in [0.5, 0.6) is 0 Å². The third kappa shape index (κ3) is 3.28. The van der Waals surface area contributed by atoms with Crippen molar-refractivity contribution in [2.24, 2.45) is 0 Å². The number of para-hydroxylation sites is 1. The molecule has 124 valence electrons. The molecule has 3 aromatic rings. The SMILES string of the molecule is COCC(C)n1c(NCc2ccccn2)nc2ccccc2c1=O. The van der Waals surface area contributed by atoms with Crippen LogP contribution in [0.1, 0.15) is 18.7 Å². The Morgan fingerprint density at radius 2 is 2.00 bits per heavy atom. The summed E-state index contributed by atoms with van der Waals surface area (Å²) in [5.41, 5.74) is 1.48. The van der Waals surface area contributed by atoms with Crippen molar-refractivity contribution in [2.75, 3.05) is 19.0 Å². The van der Waals surface area contributed by atoms with Crippen LogP contribution in [0.15, 0.2) is 53.5 Å². The van der Waals surface area contributed by atoms with Crippen LogP contribution < -0.4 is 10.9 Å². The number of nitrogens with zero attached hydrogens (tertiary/aromatic N) is 3. The maximum atomic E-state index is 12.9. The lowest BCUT2D eigenvalue weighted by molar-refractivity contribution is 0.161. The van der Waals surface area contributed by atoms with Gasteiger partial charge in [0.1, 0.15) is 0 Å². The van der Waals surface area contributed by atoms with E-state index in [-0.39, 0.29) is 11.6 Å². The highest BCUT2D eigenvalue weighted by atomic mass is 16.5. The minimum atomic E-state index is -0.133. The first-order valence-electron chi connectivity index (χ1n) is 7.84. The zero-order valence-electron chi connectivity index (χ0n) is 13.8. The zero-order valence-corrected chi connectivity index (χ0v) is 13.8. The number of hydrogen-bond acceptors (Lipinski definition) is 5. The maximum Gasteiger partial charge on any atom is 0.263 e. The quantitative estimate of drug-likeness (QED) is 0.755. The normalized spacial score (nSPS) is 12.2. The molecule has 0 aliphatic carbocycles. The van der Waals surface area contributed by atoms with Gasteiger partial charge in [0.2, 0.25) is 5.95 Å². The summed E-state index contributed by atoms with van der Waals surface area (Å²) in [6.45, 7) is 2.86. The molecule has 1 aromatic carbocycles. The number of aromatic nitrogens is 3. The number of nitrogens with one attached hydrogen (secondary N) is 1. The predicted molar refractivity (Wildman–Crippen MR) is 94.2 cm³/mol. The summed E-state index contributed by atoms with van der Waals surface area (Å²) in [6.07, 6.45) is 1.74. The average Bonchev–Trinajstić information content (AvgIpc) is 2.61. The third-order valence-corrected chi connectivity index (χ3v) is 3.81. The van der Waals surface area contributed by atoms with Gasteiger partial charge >= 0.3 is 0 Å². The highest BCUT2D eigenvalue weighted by Gasteiger charge is 2.16. The van der Waals surface area contributed by atoms with Gasteiger partial charge in [-0.25, -0.2) is 4.98 Å². The van der Waals surface area contributed by atoms with E-state index in [0.29, 0.717) is 30.0 Å². The summed E-state index contributed by atoms with van der Waals surface area (Å²) in [5.74, 6) is 0.522. The Hall–Kier alpha value is -2.73. The molecule has 3 rings (SSSR count). The summed E-state index contributed by atoms with van der Waals surface area (Å²) in [4.78, 5) is 21.8. The fourth-order valence-corrected chi connectivity index (χ4v) is 2.67. The standard InChI is InChI=1S/C18H20N4O2/c1-13(12-24-2)22-17(23)15-8-3-4-9-16(15)21-18(22)20-11-14-7-5-6-10-19-14/h3-10,13H,11-12H2,1-2H3,(H,20,21). The van der Waals surface area contributed by atoms with E-state index < -0.39 is 0 Å². The monoisotopic (exact) mass is 324 g/mol. The van der Waals surface area contributed by atoms with Crippen molar-refractivity contribution >= 4 is 16.9 Å². The molecule has 0 spiro atoms. The fraction of sp³-hybridized carbons (Fsp3) is 0.278. The molecule has 0 saturated carbocycles. The van der Waals surface area contributed by atoms with Gasteiger partial charge in [-0.3, -0.25) is 14.3 Å². The molecule has 1 N–H and O–H groups in total. The Morgan fingerprint density at radius 3 is 2.75 bits per heavy atom. The predicted octanol–water partition coefficient (Wildman–Crippen LogP) is 2.61. The number of fused-ring (bicyclic) bond motifs is 1. The molecule has 6 heteroatoms. The van der Waals surface area contributed by atoms with Gasteiger partial charge in [-0.2, -0.15) is 0 Å². The minimum Gasteiger partial charge on any atom is -0.383 e. The lowest BCUT2D eigenvalue weighted by atomic mass is 10.2. The van der Waals surface area contributed by atoms with E-state index >= 15 is 0 Å². The van der Waals surface area contributed by atoms with Crippen LogP contribution >= 0.6 is 0 Å². The molecule has 0 fully saturated rings. The van der Waals surface area contributed by atoms with E-state index in [9.17, 15) is 4.79 Å². The molecule has 0 bridgehead atoms. The smallest absolute Gasteiger partial charge is 0.263 e. The van der Waals surface area contributed by atoms with E-state index in [1.807, 2.05) is 43.3 Å². The lowest BCUT2D eigenvalue weighted by Crippen LogP contribution is -2.29. The van der Waals surface area contributed by atoms with Gasteiger partial charge in [-0.15, -0.1) is 0 Å². The van der Waals surface area contributed by atoms with Gasteiger partial charge in [0, 0.05) is 13.3 Å². The van der Waals surface area contributed by atoms with Gasteiger partial charge in [0.15, 0.2) is 0 Å². The number of benzene rings is 1. The summed E-state index contributed by atoms with van der Waals surface area (Å²) < 4.78 is 6.86. The topological polar surface area (TPSA) is 69.0 Å². The second-order valence-corrected chi connectivity index (χ2v) is 5.61. The van der Waals surface area contributed by atoms with E-state index in [2.05, 4.69) is 15.3 Å². The van der Waals surface area contributed by atoms with Crippen LogP contribution in [0.3, 0.4) is 0 Å². The van der Waals surface area contributed by atoms with E-state index in [0.717, 1.165) is 5.69 Å². The molecule has 0 amide bonds. The van der Waals surface area contributed by atoms with Gasteiger partial charge in [-0.05, 0) is 31.2 Å². The highest BCUT2D eigenvalue weighted by molar-refractivity contribution is 5.78. The molecule has 0 aliphatic rings. The Kier molecular flexibility index (Phi) is 4.86. The van der Waals surface area contributed by atoms with Crippen LogP contribution in [0.25, 0.3) is 10.9 Å².